The first-order chi connectivity index (χ1) is 16.7. The zero-order chi connectivity index (χ0) is 22.9. The Morgan fingerprint density at radius 2 is 1.74 bits per heavy atom. The van der Waals surface area contributed by atoms with Crippen molar-refractivity contribution in [2.45, 2.75) is 35.2 Å². The standard InChI is InChI=1S/C27H27NO5S/c29-20-16-24(33-26(17-20)28-8-12-31-13-9-28)23-3-1-2-18-14-19-15-22(4-5-25(19)34-27(18)23)32-21-6-10-30-11-7-21/h1-5,15-17,21H,6-14H2. The smallest absolute Gasteiger partial charge is 0.200 e. The van der Waals surface area contributed by atoms with Crippen molar-refractivity contribution in [3.05, 3.63) is 69.9 Å². The summed E-state index contributed by atoms with van der Waals surface area (Å²) in [7, 11) is 0. The second-order valence-corrected chi connectivity index (χ2v) is 9.92. The van der Waals surface area contributed by atoms with Crippen LogP contribution >= 0.6 is 11.8 Å². The number of morpholine rings is 1. The quantitative estimate of drug-likeness (QED) is 0.420. The third kappa shape index (κ3) is 4.48. The third-order valence-corrected chi connectivity index (χ3v) is 7.84. The van der Waals surface area contributed by atoms with Crippen molar-refractivity contribution < 1.29 is 18.6 Å². The maximum atomic E-state index is 12.5. The van der Waals surface area contributed by atoms with Gasteiger partial charge in [-0.15, -0.1) is 0 Å². The Kier molecular flexibility index (Phi) is 6.07. The summed E-state index contributed by atoms with van der Waals surface area (Å²) in [4.78, 5) is 17.0. The second kappa shape index (κ2) is 9.49. The molecule has 3 aliphatic rings. The van der Waals surface area contributed by atoms with Gasteiger partial charge in [-0.05, 0) is 35.7 Å². The van der Waals surface area contributed by atoms with Crippen molar-refractivity contribution in [2.75, 3.05) is 44.4 Å². The molecule has 6 rings (SSSR count). The highest BCUT2D eigenvalue weighted by Crippen LogP contribution is 2.45. The minimum absolute atomic E-state index is 0.0449. The monoisotopic (exact) mass is 477 g/mol. The van der Waals surface area contributed by atoms with Crippen LogP contribution < -0.4 is 15.1 Å². The van der Waals surface area contributed by atoms with Gasteiger partial charge in [0.2, 0.25) is 0 Å². The topological polar surface area (TPSA) is 61.1 Å². The molecule has 4 heterocycles. The predicted octanol–water partition coefficient (Wildman–Crippen LogP) is 4.76. The first-order valence-electron chi connectivity index (χ1n) is 11.9. The molecule has 0 N–H and O–H groups in total. The molecule has 3 aliphatic heterocycles. The fourth-order valence-corrected chi connectivity index (χ4v) is 5.91. The highest BCUT2D eigenvalue weighted by atomic mass is 32.2. The highest BCUT2D eigenvalue weighted by molar-refractivity contribution is 7.99. The van der Waals surface area contributed by atoms with Crippen molar-refractivity contribution in [3.8, 4) is 17.1 Å². The van der Waals surface area contributed by atoms with Crippen LogP contribution in [0.2, 0.25) is 0 Å². The minimum atomic E-state index is -0.0449. The Hall–Kier alpha value is -2.74. The van der Waals surface area contributed by atoms with Crippen LogP contribution in [-0.4, -0.2) is 45.6 Å². The predicted molar refractivity (Wildman–Crippen MR) is 131 cm³/mol. The Bertz CT molecular complexity index is 1240. The molecule has 1 aromatic heterocycles. The molecule has 0 atom stereocenters. The molecular formula is C27H27NO5S. The summed E-state index contributed by atoms with van der Waals surface area (Å²) in [5.41, 5.74) is 3.42. The number of rotatable bonds is 4. The fourth-order valence-electron chi connectivity index (χ4n) is 4.74. The van der Waals surface area contributed by atoms with E-state index in [1.807, 2.05) is 12.1 Å². The van der Waals surface area contributed by atoms with E-state index in [-0.39, 0.29) is 11.5 Å². The third-order valence-electron chi connectivity index (χ3n) is 6.53. The minimum Gasteiger partial charge on any atom is -0.490 e. The molecule has 176 valence electrons. The van der Waals surface area contributed by atoms with Gasteiger partial charge in [0.1, 0.15) is 17.6 Å². The van der Waals surface area contributed by atoms with Gasteiger partial charge in [-0.3, -0.25) is 4.79 Å². The molecule has 34 heavy (non-hydrogen) atoms. The summed E-state index contributed by atoms with van der Waals surface area (Å²) in [5.74, 6) is 2.15. The number of fused-ring (bicyclic) bond motifs is 2. The lowest BCUT2D eigenvalue weighted by atomic mass is 10.0. The van der Waals surface area contributed by atoms with Gasteiger partial charge in [-0.2, -0.15) is 0 Å². The number of nitrogens with zero attached hydrogens (tertiary/aromatic N) is 1. The zero-order valence-corrected chi connectivity index (χ0v) is 19.8. The van der Waals surface area contributed by atoms with Gasteiger partial charge in [0.05, 0.1) is 26.4 Å². The largest absolute Gasteiger partial charge is 0.490 e. The molecule has 2 saturated heterocycles. The van der Waals surface area contributed by atoms with E-state index in [0.29, 0.717) is 24.9 Å². The molecule has 3 aromatic rings. The molecular weight excluding hydrogens is 450 g/mol. The van der Waals surface area contributed by atoms with Gasteiger partial charge in [0.15, 0.2) is 11.3 Å². The van der Waals surface area contributed by atoms with E-state index >= 15 is 0 Å². The molecule has 0 radical (unpaired) electrons. The number of benzene rings is 2. The van der Waals surface area contributed by atoms with Crippen LogP contribution in [0, 0.1) is 0 Å². The lowest BCUT2D eigenvalue weighted by molar-refractivity contribution is 0.0255. The lowest BCUT2D eigenvalue weighted by Gasteiger charge is -2.27. The maximum Gasteiger partial charge on any atom is 0.200 e. The van der Waals surface area contributed by atoms with Crippen molar-refractivity contribution in [2.24, 2.45) is 0 Å². The molecule has 2 aromatic carbocycles. The van der Waals surface area contributed by atoms with Crippen LogP contribution in [0.15, 0.2) is 67.5 Å². The van der Waals surface area contributed by atoms with Gasteiger partial charge in [-0.1, -0.05) is 30.0 Å². The van der Waals surface area contributed by atoms with Crippen molar-refractivity contribution in [1.29, 1.82) is 0 Å². The Morgan fingerprint density at radius 1 is 0.912 bits per heavy atom. The summed E-state index contributed by atoms with van der Waals surface area (Å²) in [6.07, 6.45) is 2.92. The number of ether oxygens (including phenoxy) is 3. The van der Waals surface area contributed by atoms with Crippen molar-refractivity contribution in [1.82, 2.24) is 0 Å². The van der Waals surface area contributed by atoms with E-state index in [4.69, 9.17) is 18.6 Å². The molecule has 7 heteroatoms. The van der Waals surface area contributed by atoms with Gasteiger partial charge in [0, 0.05) is 53.4 Å². The van der Waals surface area contributed by atoms with Crippen LogP contribution in [0.25, 0.3) is 11.3 Å². The SMILES string of the molecule is O=c1cc(-c2cccc3c2Sc2ccc(OC4CCOCC4)cc2C3)oc(N2CCOCC2)c1. The van der Waals surface area contributed by atoms with E-state index in [9.17, 15) is 4.79 Å². The normalized spacial score (nSPS) is 18.3. The summed E-state index contributed by atoms with van der Waals surface area (Å²) in [5, 5.41) is 0. The van der Waals surface area contributed by atoms with E-state index in [1.54, 1.807) is 23.9 Å². The van der Waals surface area contributed by atoms with Crippen LogP contribution in [-0.2, 0) is 15.9 Å². The lowest BCUT2D eigenvalue weighted by Crippen LogP contribution is -2.36. The molecule has 0 spiro atoms. The van der Waals surface area contributed by atoms with Crippen LogP contribution in [0.1, 0.15) is 24.0 Å². The maximum absolute atomic E-state index is 12.5. The van der Waals surface area contributed by atoms with Gasteiger partial charge in [0.25, 0.3) is 0 Å². The number of hydrogen-bond donors (Lipinski definition) is 0. The van der Waals surface area contributed by atoms with E-state index in [2.05, 4.69) is 29.2 Å². The Labute approximate surface area is 202 Å². The van der Waals surface area contributed by atoms with Crippen LogP contribution in [0.4, 0.5) is 5.88 Å². The van der Waals surface area contributed by atoms with Crippen LogP contribution in [0.5, 0.6) is 5.75 Å². The molecule has 0 unspecified atom stereocenters. The molecule has 0 aliphatic carbocycles. The fraction of sp³-hybridized carbons (Fsp3) is 0.370. The van der Waals surface area contributed by atoms with Gasteiger partial charge >= 0.3 is 0 Å². The summed E-state index contributed by atoms with van der Waals surface area (Å²) in [6, 6.07) is 15.8. The Morgan fingerprint density at radius 3 is 2.59 bits per heavy atom. The van der Waals surface area contributed by atoms with Crippen molar-refractivity contribution in [3.63, 3.8) is 0 Å². The first-order valence-corrected chi connectivity index (χ1v) is 12.7. The van der Waals surface area contributed by atoms with E-state index in [1.165, 1.54) is 16.0 Å². The molecule has 0 saturated carbocycles. The highest BCUT2D eigenvalue weighted by Gasteiger charge is 2.23. The van der Waals surface area contributed by atoms with E-state index in [0.717, 1.165) is 61.8 Å². The zero-order valence-electron chi connectivity index (χ0n) is 19.0. The average molecular weight is 478 g/mol. The summed E-state index contributed by atoms with van der Waals surface area (Å²) < 4.78 is 23.4. The summed E-state index contributed by atoms with van der Waals surface area (Å²) >= 11 is 1.73. The molecule has 6 nitrogen and oxygen atoms in total. The molecule has 0 amide bonds. The van der Waals surface area contributed by atoms with Gasteiger partial charge < -0.3 is 23.5 Å². The molecule has 2 fully saturated rings. The summed E-state index contributed by atoms with van der Waals surface area (Å²) in [6.45, 7) is 4.26. The average Bonchev–Trinajstić information content (AvgIpc) is 2.88. The second-order valence-electron chi connectivity index (χ2n) is 8.87. The molecule has 0 bridgehead atoms. The van der Waals surface area contributed by atoms with Crippen LogP contribution in [0.3, 0.4) is 0 Å². The van der Waals surface area contributed by atoms with Gasteiger partial charge in [-0.25, -0.2) is 0 Å². The number of hydrogen-bond acceptors (Lipinski definition) is 7. The first kappa shape index (κ1) is 21.8. The van der Waals surface area contributed by atoms with E-state index < -0.39 is 0 Å². The number of anilines is 1. The Balaban J connectivity index is 1.29. The van der Waals surface area contributed by atoms with Crippen molar-refractivity contribution >= 4 is 17.6 Å².